The molecule has 0 radical (unpaired) electrons. The van der Waals surface area contributed by atoms with Gasteiger partial charge in [-0.05, 0) is 67.6 Å². The van der Waals surface area contributed by atoms with Crippen LogP contribution in [0.1, 0.15) is 29.5 Å². The van der Waals surface area contributed by atoms with E-state index in [9.17, 15) is 4.79 Å². The molecule has 0 spiro atoms. The number of methoxy groups -OCH3 is 2. The van der Waals surface area contributed by atoms with Gasteiger partial charge in [0.25, 0.3) is 0 Å². The van der Waals surface area contributed by atoms with Gasteiger partial charge in [-0.1, -0.05) is 30.3 Å². The van der Waals surface area contributed by atoms with E-state index < -0.39 is 0 Å². The summed E-state index contributed by atoms with van der Waals surface area (Å²) in [5.74, 6) is 2.27. The molecule has 4 nitrogen and oxygen atoms in total. The van der Waals surface area contributed by atoms with Gasteiger partial charge in [-0.15, -0.1) is 0 Å². The van der Waals surface area contributed by atoms with E-state index in [1.54, 1.807) is 14.2 Å². The van der Waals surface area contributed by atoms with Crippen LogP contribution in [0.15, 0.2) is 42.5 Å². The third-order valence-corrected chi connectivity index (χ3v) is 6.28. The average Bonchev–Trinajstić information content (AvgIpc) is 3.16. The van der Waals surface area contributed by atoms with E-state index in [4.69, 9.17) is 9.47 Å². The quantitative estimate of drug-likeness (QED) is 0.763. The number of rotatable bonds is 6. The minimum atomic E-state index is 0.109. The van der Waals surface area contributed by atoms with Gasteiger partial charge in [0, 0.05) is 18.4 Å². The molecule has 2 aromatic rings. The Balaban J connectivity index is 1.34. The lowest BCUT2D eigenvalue weighted by Gasteiger charge is -2.32. The van der Waals surface area contributed by atoms with Crippen molar-refractivity contribution in [3.05, 3.63) is 59.2 Å². The molecule has 1 aliphatic carbocycles. The van der Waals surface area contributed by atoms with Gasteiger partial charge in [-0.25, -0.2) is 0 Å². The van der Waals surface area contributed by atoms with Crippen molar-refractivity contribution < 1.29 is 14.3 Å². The number of fused-ring (bicyclic) bond motifs is 1. The standard InChI is InChI=1S/C24H29NO3/c1-27-22-14-19-12-21(13-20(19)15-23(22)28-2)24(26)18-8-10-25(11-9-18)16-17-6-4-3-5-7-17/h3-7,14-15,18,21H,8-13,16H2,1-2H3. The van der Waals surface area contributed by atoms with Gasteiger partial charge in [-0.3, -0.25) is 9.69 Å². The van der Waals surface area contributed by atoms with E-state index in [2.05, 4.69) is 35.2 Å². The van der Waals surface area contributed by atoms with Crippen molar-refractivity contribution in [2.75, 3.05) is 27.3 Å². The van der Waals surface area contributed by atoms with Crippen LogP contribution in [0.2, 0.25) is 0 Å². The smallest absolute Gasteiger partial charge is 0.161 e. The fraction of sp³-hybridized carbons (Fsp3) is 0.458. The summed E-state index contributed by atoms with van der Waals surface area (Å²) in [6.07, 6.45) is 3.62. The van der Waals surface area contributed by atoms with Gasteiger partial charge in [0.1, 0.15) is 5.78 Å². The maximum Gasteiger partial charge on any atom is 0.161 e. The molecule has 4 rings (SSSR count). The van der Waals surface area contributed by atoms with E-state index in [-0.39, 0.29) is 11.8 Å². The molecule has 0 amide bonds. The van der Waals surface area contributed by atoms with Crippen molar-refractivity contribution in [3.63, 3.8) is 0 Å². The van der Waals surface area contributed by atoms with Crippen LogP contribution < -0.4 is 9.47 Å². The highest BCUT2D eigenvalue weighted by Crippen LogP contribution is 2.38. The molecule has 1 aliphatic heterocycles. The van der Waals surface area contributed by atoms with Crippen LogP contribution >= 0.6 is 0 Å². The Morgan fingerprint density at radius 2 is 1.50 bits per heavy atom. The third-order valence-electron chi connectivity index (χ3n) is 6.28. The topological polar surface area (TPSA) is 38.8 Å². The van der Waals surface area contributed by atoms with Crippen LogP contribution in [-0.2, 0) is 24.2 Å². The average molecular weight is 380 g/mol. The molecule has 4 heteroatoms. The summed E-state index contributed by atoms with van der Waals surface area (Å²) in [5, 5.41) is 0. The first-order chi connectivity index (χ1) is 13.7. The molecule has 2 aliphatic rings. The summed E-state index contributed by atoms with van der Waals surface area (Å²) >= 11 is 0. The van der Waals surface area contributed by atoms with Gasteiger partial charge in [0.05, 0.1) is 14.2 Å². The van der Waals surface area contributed by atoms with E-state index in [1.165, 1.54) is 16.7 Å². The zero-order valence-corrected chi connectivity index (χ0v) is 16.8. The minimum Gasteiger partial charge on any atom is -0.493 e. The Kier molecular flexibility index (Phi) is 5.67. The fourth-order valence-electron chi connectivity index (χ4n) is 4.70. The summed E-state index contributed by atoms with van der Waals surface area (Å²) in [5.41, 5.74) is 3.82. The molecule has 0 bridgehead atoms. The van der Waals surface area contributed by atoms with Crippen molar-refractivity contribution in [1.82, 2.24) is 4.90 Å². The van der Waals surface area contributed by atoms with E-state index in [0.29, 0.717) is 5.78 Å². The number of benzene rings is 2. The summed E-state index contributed by atoms with van der Waals surface area (Å²) in [7, 11) is 3.32. The Morgan fingerprint density at radius 3 is 2.04 bits per heavy atom. The number of ether oxygens (including phenoxy) is 2. The lowest BCUT2D eigenvalue weighted by molar-refractivity contribution is -0.128. The third kappa shape index (κ3) is 3.93. The second-order valence-corrected chi connectivity index (χ2v) is 8.02. The fourth-order valence-corrected chi connectivity index (χ4v) is 4.70. The SMILES string of the molecule is COc1cc2c(cc1OC)CC(C(=O)C1CCN(Cc3ccccc3)CC1)C2. The number of likely N-dealkylation sites (tertiary alicyclic amines) is 1. The lowest BCUT2D eigenvalue weighted by Crippen LogP contribution is -2.37. The highest BCUT2D eigenvalue weighted by atomic mass is 16.5. The van der Waals surface area contributed by atoms with Crippen molar-refractivity contribution in [2.45, 2.75) is 32.2 Å². The number of carbonyl (C=O) groups is 1. The molecular formula is C24H29NO3. The van der Waals surface area contributed by atoms with E-state index >= 15 is 0 Å². The Morgan fingerprint density at radius 1 is 0.929 bits per heavy atom. The normalized spacial score (nSPS) is 18.1. The molecule has 148 valence electrons. The van der Waals surface area contributed by atoms with Gasteiger partial charge in [-0.2, -0.15) is 0 Å². The molecule has 1 heterocycles. The molecule has 0 aromatic heterocycles. The molecule has 0 atom stereocenters. The van der Waals surface area contributed by atoms with Gasteiger partial charge < -0.3 is 9.47 Å². The zero-order chi connectivity index (χ0) is 19.5. The lowest BCUT2D eigenvalue weighted by atomic mass is 9.84. The van der Waals surface area contributed by atoms with Crippen LogP contribution in [0.25, 0.3) is 0 Å². The van der Waals surface area contributed by atoms with Crippen LogP contribution in [0.3, 0.4) is 0 Å². The van der Waals surface area contributed by atoms with E-state index in [0.717, 1.165) is 56.8 Å². The van der Waals surface area contributed by atoms with Crippen molar-refractivity contribution in [1.29, 1.82) is 0 Å². The summed E-state index contributed by atoms with van der Waals surface area (Å²) in [6, 6.07) is 14.7. The van der Waals surface area contributed by atoms with Crippen LogP contribution in [0.5, 0.6) is 11.5 Å². The molecular weight excluding hydrogens is 350 g/mol. The van der Waals surface area contributed by atoms with Gasteiger partial charge in [0.15, 0.2) is 11.5 Å². The number of ketones is 1. The Labute approximate surface area is 167 Å². The van der Waals surface area contributed by atoms with Crippen molar-refractivity contribution >= 4 is 5.78 Å². The molecule has 0 unspecified atom stereocenters. The molecule has 1 fully saturated rings. The molecule has 2 aromatic carbocycles. The number of hydrogen-bond acceptors (Lipinski definition) is 4. The number of Topliss-reactive ketones (excluding diaryl/α,β-unsaturated/α-hetero) is 1. The second-order valence-electron chi connectivity index (χ2n) is 8.02. The summed E-state index contributed by atoms with van der Waals surface area (Å²) in [4.78, 5) is 15.6. The first kappa shape index (κ1) is 19.0. The number of nitrogens with zero attached hydrogens (tertiary/aromatic N) is 1. The molecule has 0 N–H and O–H groups in total. The van der Waals surface area contributed by atoms with Crippen LogP contribution in [0, 0.1) is 11.8 Å². The number of carbonyl (C=O) groups excluding carboxylic acids is 1. The maximum absolute atomic E-state index is 13.2. The number of hydrogen-bond donors (Lipinski definition) is 0. The van der Waals surface area contributed by atoms with Crippen LogP contribution in [0.4, 0.5) is 0 Å². The first-order valence-electron chi connectivity index (χ1n) is 10.2. The zero-order valence-electron chi connectivity index (χ0n) is 16.8. The molecule has 0 saturated carbocycles. The van der Waals surface area contributed by atoms with Crippen molar-refractivity contribution in [2.24, 2.45) is 11.8 Å². The van der Waals surface area contributed by atoms with Gasteiger partial charge in [0.2, 0.25) is 0 Å². The maximum atomic E-state index is 13.2. The predicted octanol–water partition coefficient (Wildman–Crippen LogP) is 3.90. The number of piperidine rings is 1. The van der Waals surface area contributed by atoms with Gasteiger partial charge >= 0.3 is 0 Å². The largest absolute Gasteiger partial charge is 0.493 e. The second kappa shape index (κ2) is 8.36. The summed E-state index contributed by atoms with van der Waals surface area (Å²) < 4.78 is 10.8. The Hall–Kier alpha value is -2.33. The highest BCUT2D eigenvalue weighted by molar-refractivity contribution is 5.85. The van der Waals surface area contributed by atoms with Crippen LogP contribution in [-0.4, -0.2) is 38.0 Å². The van der Waals surface area contributed by atoms with E-state index in [1.807, 2.05) is 12.1 Å². The Bertz CT molecular complexity index is 792. The minimum absolute atomic E-state index is 0.109. The molecule has 1 saturated heterocycles. The first-order valence-corrected chi connectivity index (χ1v) is 10.2. The monoisotopic (exact) mass is 379 g/mol. The predicted molar refractivity (Wildman–Crippen MR) is 110 cm³/mol. The van der Waals surface area contributed by atoms with Crippen molar-refractivity contribution in [3.8, 4) is 11.5 Å². The highest BCUT2D eigenvalue weighted by Gasteiger charge is 2.34. The molecule has 28 heavy (non-hydrogen) atoms. The summed E-state index contributed by atoms with van der Waals surface area (Å²) in [6.45, 7) is 3.00.